The maximum Gasteiger partial charge on any atom is 0.166 e. The molecule has 4 heteroatoms. The summed E-state index contributed by atoms with van der Waals surface area (Å²) in [6.45, 7) is 2.00. The van der Waals surface area contributed by atoms with Gasteiger partial charge in [0.05, 0.1) is 6.10 Å². The van der Waals surface area contributed by atoms with Gasteiger partial charge in [-0.15, -0.1) is 0 Å². The minimum Gasteiger partial charge on any atom is -0.485 e. The summed E-state index contributed by atoms with van der Waals surface area (Å²) in [4.78, 5) is 8.30. The van der Waals surface area contributed by atoms with Crippen LogP contribution in [0.4, 0.5) is 0 Å². The molecule has 1 unspecified atom stereocenters. The van der Waals surface area contributed by atoms with E-state index in [0.29, 0.717) is 11.6 Å². The highest BCUT2D eigenvalue weighted by Gasteiger charge is 2.13. The van der Waals surface area contributed by atoms with Crippen molar-refractivity contribution in [2.45, 2.75) is 19.6 Å². The van der Waals surface area contributed by atoms with E-state index in [1.807, 2.05) is 36.4 Å². The summed E-state index contributed by atoms with van der Waals surface area (Å²) < 4.78 is 5.91. The lowest BCUT2D eigenvalue weighted by Gasteiger charge is -2.15. The fourth-order valence-corrected chi connectivity index (χ4v) is 2.29. The lowest BCUT2D eigenvalue weighted by Crippen LogP contribution is -2.04. The Balaban J connectivity index is 2.00. The summed E-state index contributed by atoms with van der Waals surface area (Å²) >= 11 is 0. The molecule has 3 aromatic rings. The highest BCUT2D eigenvalue weighted by Crippen LogP contribution is 2.33. The fraction of sp³-hybridized carbons (Fsp3) is 0.176. The van der Waals surface area contributed by atoms with Crippen molar-refractivity contribution < 1.29 is 9.84 Å². The minimum absolute atomic E-state index is 0.272. The first-order chi connectivity index (χ1) is 10.3. The van der Waals surface area contributed by atoms with Crippen LogP contribution in [0.2, 0.25) is 0 Å². The van der Waals surface area contributed by atoms with Gasteiger partial charge in [0.15, 0.2) is 5.82 Å². The standard InChI is InChI=1S/C17H16N2O2/c1-12(20)14-8-7-13-5-2-3-6-15(13)17(14)21-11-16-18-9-4-10-19-16/h2-10,12,20H,11H2,1H3. The smallest absolute Gasteiger partial charge is 0.166 e. The zero-order valence-corrected chi connectivity index (χ0v) is 11.7. The zero-order valence-electron chi connectivity index (χ0n) is 11.7. The van der Waals surface area contributed by atoms with Crippen LogP contribution in [0.25, 0.3) is 10.8 Å². The highest BCUT2D eigenvalue weighted by molar-refractivity contribution is 5.89. The third-order valence-corrected chi connectivity index (χ3v) is 3.32. The second kappa shape index (κ2) is 5.89. The van der Waals surface area contributed by atoms with Gasteiger partial charge in [0.1, 0.15) is 12.4 Å². The van der Waals surface area contributed by atoms with Gasteiger partial charge in [-0.2, -0.15) is 0 Å². The van der Waals surface area contributed by atoms with E-state index in [4.69, 9.17) is 4.74 Å². The predicted octanol–water partition coefficient (Wildman–Crippen LogP) is 3.26. The van der Waals surface area contributed by atoms with E-state index in [1.165, 1.54) is 0 Å². The van der Waals surface area contributed by atoms with Crippen molar-refractivity contribution in [1.29, 1.82) is 0 Å². The molecule has 0 saturated carbocycles. The normalized spacial score (nSPS) is 12.3. The monoisotopic (exact) mass is 280 g/mol. The molecule has 3 rings (SSSR count). The SMILES string of the molecule is CC(O)c1ccc2ccccc2c1OCc1ncccn1. The van der Waals surface area contributed by atoms with Gasteiger partial charge in [0.2, 0.25) is 0 Å². The van der Waals surface area contributed by atoms with E-state index in [1.54, 1.807) is 25.4 Å². The second-order valence-electron chi connectivity index (χ2n) is 4.83. The molecule has 4 nitrogen and oxygen atoms in total. The molecule has 1 N–H and O–H groups in total. The second-order valence-corrected chi connectivity index (χ2v) is 4.83. The fourth-order valence-electron chi connectivity index (χ4n) is 2.29. The Morgan fingerprint density at radius 2 is 1.81 bits per heavy atom. The Bertz CT molecular complexity index is 742. The summed E-state index contributed by atoms with van der Waals surface area (Å²) in [5.74, 6) is 1.30. The third-order valence-electron chi connectivity index (χ3n) is 3.32. The number of aliphatic hydroxyl groups excluding tert-OH is 1. The average molecular weight is 280 g/mol. The summed E-state index contributed by atoms with van der Waals surface area (Å²) in [5.41, 5.74) is 0.768. The molecule has 0 saturated heterocycles. The molecule has 0 radical (unpaired) electrons. The highest BCUT2D eigenvalue weighted by atomic mass is 16.5. The number of hydrogen-bond donors (Lipinski definition) is 1. The van der Waals surface area contributed by atoms with Crippen molar-refractivity contribution in [3.63, 3.8) is 0 Å². The van der Waals surface area contributed by atoms with E-state index < -0.39 is 6.10 Å². The predicted molar refractivity (Wildman–Crippen MR) is 80.9 cm³/mol. The van der Waals surface area contributed by atoms with Crippen LogP contribution in [-0.4, -0.2) is 15.1 Å². The lowest BCUT2D eigenvalue weighted by molar-refractivity contribution is 0.190. The first kappa shape index (κ1) is 13.5. The quantitative estimate of drug-likeness (QED) is 0.797. The maximum atomic E-state index is 9.95. The minimum atomic E-state index is -0.596. The molecule has 1 aromatic heterocycles. The van der Waals surface area contributed by atoms with E-state index >= 15 is 0 Å². The first-order valence-corrected chi connectivity index (χ1v) is 6.84. The number of ether oxygens (including phenoxy) is 1. The number of aromatic nitrogens is 2. The third kappa shape index (κ3) is 2.85. The molecule has 106 valence electrons. The Morgan fingerprint density at radius 3 is 2.57 bits per heavy atom. The zero-order chi connectivity index (χ0) is 14.7. The molecule has 0 aliphatic rings. The molecular weight excluding hydrogens is 264 g/mol. The number of rotatable bonds is 4. The van der Waals surface area contributed by atoms with Gasteiger partial charge in [-0.05, 0) is 18.4 Å². The van der Waals surface area contributed by atoms with Crippen LogP contribution >= 0.6 is 0 Å². The van der Waals surface area contributed by atoms with Crippen molar-refractivity contribution in [3.8, 4) is 5.75 Å². The Kier molecular flexibility index (Phi) is 3.79. The largest absolute Gasteiger partial charge is 0.485 e. The van der Waals surface area contributed by atoms with Gasteiger partial charge < -0.3 is 9.84 Å². The Morgan fingerprint density at radius 1 is 1.05 bits per heavy atom. The molecule has 1 atom stereocenters. The van der Waals surface area contributed by atoms with E-state index in [-0.39, 0.29) is 6.61 Å². The molecule has 2 aromatic carbocycles. The van der Waals surface area contributed by atoms with E-state index in [0.717, 1.165) is 16.3 Å². The van der Waals surface area contributed by atoms with Crippen LogP contribution in [-0.2, 0) is 6.61 Å². The molecule has 21 heavy (non-hydrogen) atoms. The van der Waals surface area contributed by atoms with Crippen LogP contribution in [0.3, 0.4) is 0 Å². The van der Waals surface area contributed by atoms with Crippen molar-refractivity contribution in [2.75, 3.05) is 0 Å². The summed E-state index contributed by atoms with van der Waals surface area (Å²) in [6.07, 6.45) is 2.77. The molecule has 0 aliphatic heterocycles. The van der Waals surface area contributed by atoms with Crippen LogP contribution in [0.1, 0.15) is 24.4 Å². The van der Waals surface area contributed by atoms with Crippen molar-refractivity contribution in [3.05, 3.63) is 66.2 Å². The molecule has 0 bridgehead atoms. The number of nitrogens with zero attached hydrogens (tertiary/aromatic N) is 2. The molecular formula is C17H16N2O2. The first-order valence-electron chi connectivity index (χ1n) is 6.84. The van der Waals surface area contributed by atoms with Crippen LogP contribution in [0.5, 0.6) is 5.75 Å². The van der Waals surface area contributed by atoms with Gasteiger partial charge in [-0.3, -0.25) is 0 Å². The maximum absolute atomic E-state index is 9.95. The number of hydrogen-bond acceptors (Lipinski definition) is 4. The number of fused-ring (bicyclic) bond motifs is 1. The van der Waals surface area contributed by atoms with Gasteiger partial charge in [-0.1, -0.05) is 36.4 Å². The van der Waals surface area contributed by atoms with Crippen molar-refractivity contribution in [1.82, 2.24) is 9.97 Å². The van der Waals surface area contributed by atoms with Crippen LogP contribution in [0.15, 0.2) is 54.9 Å². The van der Waals surface area contributed by atoms with Crippen LogP contribution < -0.4 is 4.74 Å². The molecule has 1 heterocycles. The molecule has 0 fully saturated rings. The Hall–Kier alpha value is -2.46. The van der Waals surface area contributed by atoms with Gasteiger partial charge in [-0.25, -0.2) is 9.97 Å². The molecule has 0 spiro atoms. The average Bonchev–Trinajstić information content (AvgIpc) is 2.53. The van der Waals surface area contributed by atoms with Gasteiger partial charge >= 0.3 is 0 Å². The topological polar surface area (TPSA) is 55.2 Å². The molecule has 0 amide bonds. The Labute approximate surface area is 123 Å². The summed E-state index contributed by atoms with van der Waals surface area (Å²) in [6, 6.07) is 13.6. The summed E-state index contributed by atoms with van der Waals surface area (Å²) in [5, 5.41) is 12.0. The summed E-state index contributed by atoms with van der Waals surface area (Å²) in [7, 11) is 0. The van der Waals surface area contributed by atoms with E-state index in [9.17, 15) is 5.11 Å². The number of aliphatic hydroxyl groups is 1. The van der Waals surface area contributed by atoms with Gasteiger partial charge in [0, 0.05) is 23.3 Å². The molecule has 0 aliphatic carbocycles. The lowest BCUT2D eigenvalue weighted by atomic mass is 10.0. The van der Waals surface area contributed by atoms with Crippen molar-refractivity contribution >= 4 is 10.8 Å². The van der Waals surface area contributed by atoms with E-state index in [2.05, 4.69) is 9.97 Å². The van der Waals surface area contributed by atoms with Crippen molar-refractivity contribution in [2.24, 2.45) is 0 Å². The van der Waals surface area contributed by atoms with Gasteiger partial charge in [0.25, 0.3) is 0 Å². The number of benzene rings is 2. The van der Waals surface area contributed by atoms with Crippen LogP contribution in [0, 0.1) is 0 Å².